The van der Waals surface area contributed by atoms with Crippen molar-refractivity contribution >= 4 is 0 Å². The van der Waals surface area contributed by atoms with Gasteiger partial charge in [-0.1, -0.05) is 0 Å². The lowest BCUT2D eigenvalue weighted by Gasteiger charge is -2.09. The summed E-state index contributed by atoms with van der Waals surface area (Å²) in [5.74, 6) is 1.27. The maximum absolute atomic E-state index is 12.6. The summed E-state index contributed by atoms with van der Waals surface area (Å²) in [5, 5.41) is 8.00. The van der Waals surface area contributed by atoms with E-state index in [1.807, 2.05) is 4.57 Å². The first-order chi connectivity index (χ1) is 10.5. The molecule has 2 aromatic rings. The van der Waals surface area contributed by atoms with Crippen molar-refractivity contribution in [3.8, 4) is 6.01 Å². The maximum Gasteiger partial charge on any atom is 0.433 e. The summed E-state index contributed by atoms with van der Waals surface area (Å²) in [6.07, 6.45) is -2.90. The van der Waals surface area contributed by atoms with Crippen molar-refractivity contribution in [2.24, 2.45) is 0 Å². The third-order valence-corrected chi connectivity index (χ3v) is 3.09. The minimum Gasteiger partial charge on any atom is -0.455 e. The van der Waals surface area contributed by atoms with Crippen LogP contribution in [0.15, 0.2) is 12.3 Å². The topological polar surface area (TPSA) is 75.0 Å². The summed E-state index contributed by atoms with van der Waals surface area (Å²) in [5.41, 5.74) is -1.05. The number of alkyl halides is 3. The summed E-state index contributed by atoms with van der Waals surface area (Å²) < 4.78 is 50.1. The SMILES string of the molecule is FC(F)(F)c1ccnc(OCc2nnc3n2CCOCC3)n1. The fourth-order valence-electron chi connectivity index (χ4n) is 2.04. The van der Waals surface area contributed by atoms with Crippen molar-refractivity contribution in [3.05, 3.63) is 29.6 Å². The number of halogens is 3. The first-order valence-corrected chi connectivity index (χ1v) is 6.56. The van der Waals surface area contributed by atoms with Gasteiger partial charge in [-0.15, -0.1) is 10.2 Å². The van der Waals surface area contributed by atoms with Crippen LogP contribution in [-0.2, 0) is 30.5 Å². The first-order valence-electron chi connectivity index (χ1n) is 6.56. The fraction of sp³-hybridized carbons (Fsp3) is 0.500. The minimum atomic E-state index is -4.54. The number of aromatic nitrogens is 5. The second-order valence-corrected chi connectivity index (χ2v) is 4.56. The molecule has 0 saturated heterocycles. The van der Waals surface area contributed by atoms with Gasteiger partial charge in [-0.2, -0.15) is 18.2 Å². The largest absolute Gasteiger partial charge is 0.455 e. The highest BCUT2D eigenvalue weighted by Gasteiger charge is 2.33. The van der Waals surface area contributed by atoms with Gasteiger partial charge in [0.05, 0.1) is 13.2 Å². The molecule has 22 heavy (non-hydrogen) atoms. The van der Waals surface area contributed by atoms with Crippen molar-refractivity contribution in [1.82, 2.24) is 24.7 Å². The van der Waals surface area contributed by atoms with Gasteiger partial charge >= 0.3 is 12.2 Å². The Morgan fingerprint density at radius 1 is 1.27 bits per heavy atom. The number of hydrogen-bond acceptors (Lipinski definition) is 6. The van der Waals surface area contributed by atoms with Crippen LogP contribution in [0.5, 0.6) is 6.01 Å². The van der Waals surface area contributed by atoms with E-state index in [1.165, 1.54) is 0 Å². The van der Waals surface area contributed by atoms with Gasteiger partial charge in [0.1, 0.15) is 5.82 Å². The average molecular weight is 315 g/mol. The number of ether oxygens (including phenoxy) is 2. The third kappa shape index (κ3) is 3.16. The predicted octanol–water partition coefficient (Wildman–Crippen LogP) is 1.24. The molecule has 3 rings (SSSR count). The molecule has 0 fully saturated rings. The van der Waals surface area contributed by atoms with E-state index in [0.717, 1.165) is 18.1 Å². The highest BCUT2D eigenvalue weighted by atomic mass is 19.4. The fourth-order valence-corrected chi connectivity index (χ4v) is 2.04. The lowest BCUT2D eigenvalue weighted by Crippen LogP contribution is -2.13. The van der Waals surface area contributed by atoms with Crippen molar-refractivity contribution in [2.45, 2.75) is 25.7 Å². The predicted molar refractivity (Wildman–Crippen MR) is 65.9 cm³/mol. The van der Waals surface area contributed by atoms with Crippen LogP contribution >= 0.6 is 0 Å². The summed E-state index contributed by atoms with van der Waals surface area (Å²) in [7, 11) is 0. The molecule has 0 atom stereocenters. The molecule has 2 aromatic heterocycles. The molecule has 3 heterocycles. The van der Waals surface area contributed by atoms with E-state index >= 15 is 0 Å². The number of rotatable bonds is 3. The minimum absolute atomic E-state index is 0.0612. The standard InChI is InChI=1S/C12H12F3N5O2/c13-12(14,15)8-1-3-16-11(17-8)22-7-10-19-18-9-2-5-21-6-4-20(9)10/h1,3H,2,4-7H2. The van der Waals surface area contributed by atoms with Crippen molar-refractivity contribution < 1.29 is 22.6 Å². The summed E-state index contributed by atoms with van der Waals surface area (Å²) in [6, 6.07) is 0.435. The Labute approximate surface area is 123 Å². The van der Waals surface area contributed by atoms with Crippen molar-refractivity contribution in [1.29, 1.82) is 0 Å². The molecular formula is C12H12F3N5O2. The number of hydrogen-bond donors (Lipinski definition) is 0. The second-order valence-electron chi connectivity index (χ2n) is 4.56. The van der Waals surface area contributed by atoms with Gasteiger partial charge < -0.3 is 14.0 Å². The molecule has 1 aliphatic rings. The lowest BCUT2D eigenvalue weighted by molar-refractivity contribution is -0.141. The van der Waals surface area contributed by atoms with Crippen LogP contribution < -0.4 is 4.74 Å². The smallest absolute Gasteiger partial charge is 0.433 e. The highest BCUT2D eigenvalue weighted by molar-refractivity contribution is 5.09. The summed E-state index contributed by atoms with van der Waals surface area (Å²) >= 11 is 0. The Balaban J connectivity index is 1.72. The lowest BCUT2D eigenvalue weighted by atomic mass is 10.4. The molecule has 0 aliphatic carbocycles. The molecule has 0 bridgehead atoms. The molecule has 0 N–H and O–H groups in total. The molecule has 0 spiro atoms. The monoisotopic (exact) mass is 315 g/mol. The van der Waals surface area contributed by atoms with Gasteiger partial charge in [0.25, 0.3) is 0 Å². The summed E-state index contributed by atoms with van der Waals surface area (Å²) in [6.45, 7) is 1.60. The van der Waals surface area contributed by atoms with Gasteiger partial charge in [0.15, 0.2) is 18.1 Å². The molecule has 10 heteroatoms. The Morgan fingerprint density at radius 2 is 2.14 bits per heavy atom. The molecular weight excluding hydrogens is 303 g/mol. The van der Waals surface area contributed by atoms with Crippen molar-refractivity contribution in [3.63, 3.8) is 0 Å². The van der Waals surface area contributed by atoms with E-state index in [2.05, 4.69) is 20.2 Å². The molecule has 7 nitrogen and oxygen atoms in total. The van der Waals surface area contributed by atoms with Gasteiger partial charge in [0, 0.05) is 19.2 Å². The number of nitrogens with zero attached hydrogens (tertiary/aromatic N) is 5. The maximum atomic E-state index is 12.6. The molecule has 0 aromatic carbocycles. The van der Waals surface area contributed by atoms with Gasteiger partial charge in [-0.05, 0) is 6.07 Å². The van der Waals surface area contributed by atoms with Crippen LogP contribution in [0.1, 0.15) is 17.3 Å². The van der Waals surface area contributed by atoms with Crippen LogP contribution in [0.3, 0.4) is 0 Å². The van der Waals surface area contributed by atoms with E-state index in [-0.39, 0.29) is 12.6 Å². The molecule has 0 unspecified atom stereocenters. The zero-order valence-electron chi connectivity index (χ0n) is 11.4. The van der Waals surface area contributed by atoms with Crippen LogP contribution in [0.25, 0.3) is 0 Å². The molecule has 0 amide bonds. The normalized spacial score (nSPS) is 15.2. The molecule has 118 valence electrons. The van der Waals surface area contributed by atoms with Crippen LogP contribution in [0.4, 0.5) is 13.2 Å². The third-order valence-electron chi connectivity index (χ3n) is 3.09. The zero-order valence-corrected chi connectivity index (χ0v) is 11.4. The van der Waals surface area contributed by atoms with E-state index in [0.29, 0.717) is 32.0 Å². The Bertz CT molecular complexity index is 658. The average Bonchev–Trinajstić information content (AvgIpc) is 2.72. The Morgan fingerprint density at radius 3 is 2.95 bits per heavy atom. The quantitative estimate of drug-likeness (QED) is 0.848. The highest BCUT2D eigenvalue weighted by Crippen LogP contribution is 2.27. The van der Waals surface area contributed by atoms with Crippen LogP contribution in [0.2, 0.25) is 0 Å². The van der Waals surface area contributed by atoms with Gasteiger partial charge in [0.2, 0.25) is 0 Å². The first kappa shape index (κ1) is 14.7. The van der Waals surface area contributed by atoms with E-state index in [1.54, 1.807) is 0 Å². The molecule has 1 aliphatic heterocycles. The van der Waals surface area contributed by atoms with Crippen LogP contribution in [-0.4, -0.2) is 37.9 Å². The van der Waals surface area contributed by atoms with E-state index in [4.69, 9.17) is 9.47 Å². The zero-order chi connectivity index (χ0) is 15.6. The van der Waals surface area contributed by atoms with Crippen LogP contribution in [0, 0.1) is 0 Å². The summed E-state index contributed by atoms with van der Waals surface area (Å²) in [4.78, 5) is 7.00. The van der Waals surface area contributed by atoms with Gasteiger partial charge in [-0.25, -0.2) is 4.98 Å². The Kier molecular flexibility index (Phi) is 3.92. The number of fused-ring (bicyclic) bond motifs is 1. The van der Waals surface area contributed by atoms with E-state index in [9.17, 15) is 13.2 Å². The molecule has 0 saturated carbocycles. The van der Waals surface area contributed by atoms with Crippen molar-refractivity contribution in [2.75, 3.05) is 13.2 Å². The molecule has 0 radical (unpaired) electrons. The van der Waals surface area contributed by atoms with E-state index < -0.39 is 11.9 Å². The second kappa shape index (κ2) is 5.87. The Hall–Kier alpha value is -2.23. The van der Waals surface area contributed by atoms with Gasteiger partial charge in [-0.3, -0.25) is 0 Å².